The molecule has 0 bridgehead atoms. The summed E-state index contributed by atoms with van der Waals surface area (Å²) in [5.74, 6) is 0. The van der Waals surface area contributed by atoms with Gasteiger partial charge in [-0.05, 0) is 5.56 Å². The van der Waals surface area contributed by atoms with Gasteiger partial charge in [-0.25, -0.2) is 0 Å². The van der Waals surface area contributed by atoms with Crippen LogP contribution in [-0.4, -0.2) is 30.0 Å². The van der Waals surface area contributed by atoms with Crippen molar-refractivity contribution in [2.75, 3.05) is 19.8 Å². The van der Waals surface area contributed by atoms with E-state index in [9.17, 15) is 0 Å². The third-order valence-electron chi connectivity index (χ3n) is 2.81. The Morgan fingerprint density at radius 1 is 1.40 bits per heavy atom. The van der Waals surface area contributed by atoms with Crippen LogP contribution in [0.5, 0.6) is 0 Å². The minimum Gasteiger partial charge on any atom is -0.378 e. The third kappa shape index (κ3) is 1.52. The van der Waals surface area contributed by atoms with Crippen molar-refractivity contribution in [3.63, 3.8) is 0 Å². The van der Waals surface area contributed by atoms with Gasteiger partial charge in [0, 0.05) is 11.9 Å². The van der Waals surface area contributed by atoms with E-state index < -0.39 is 0 Å². The lowest BCUT2D eigenvalue weighted by atomic mass is 10.0. The molecule has 1 fully saturated rings. The molecule has 0 aliphatic carbocycles. The van der Waals surface area contributed by atoms with Crippen molar-refractivity contribution in [2.24, 2.45) is 0 Å². The minimum atomic E-state index is 0.280. The van der Waals surface area contributed by atoms with Gasteiger partial charge < -0.3 is 10.1 Å². The normalized spacial score (nSPS) is 22.0. The van der Waals surface area contributed by atoms with E-state index in [1.165, 1.54) is 5.56 Å². The first-order valence-corrected chi connectivity index (χ1v) is 5.18. The molecule has 0 spiro atoms. The molecule has 0 amide bonds. The molecule has 2 aromatic rings. The van der Waals surface area contributed by atoms with E-state index >= 15 is 0 Å². The van der Waals surface area contributed by atoms with Gasteiger partial charge in [0.05, 0.1) is 31.0 Å². The van der Waals surface area contributed by atoms with Crippen LogP contribution in [-0.2, 0) is 4.74 Å². The summed E-state index contributed by atoms with van der Waals surface area (Å²) in [5.41, 5.74) is 2.35. The number of aromatic nitrogens is 2. The number of para-hydroxylation sites is 1. The molecule has 1 unspecified atom stereocenters. The first-order valence-electron chi connectivity index (χ1n) is 5.18. The molecule has 4 heteroatoms. The molecular formula is C11H13N3O. The summed E-state index contributed by atoms with van der Waals surface area (Å²) in [6.07, 6.45) is 1.85. The molecule has 1 saturated heterocycles. The van der Waals surface area contributed by atoms with Crippen LogP contribution in [0.3, 0.4) is 0 Å². The van der Waals surface area contributed by atoms with E-state index in [-0.39, 0.29) is 6.04 Å². The second-order valence-corrected chi connectivity index (χ2v) is 3.76. The number of hydrogen-bond acceptors (Lipinski definition) is 3. The Balaban J connectivity index is 2.05. The number of ether oxygens (including phenoxy) is 1. The zero-order valence-corrected chi connectivity index (χ0v) is 8.36. The van der Waals surface area contributed by atoms with Crippen molar-refractivity contribution in [1.29, 1.82) is 0 Å². The van der Waals surface area contributed by atoms with Crippen LogP contribution in [0.1, 0.15) is 11.6 Å². The van der Waals surface area contributed by atoms with Crippen LogP contribution < -0.4 is 5.32 Å². The summed E-state index contributed by atoms with van der Waals surface area (Å²) in [5, 5.41) is 11.7. The topological polar surface area (TPSA) is 49.9 Å². The van der Waals surface area contributed by atoms with E-state index in [2.05, 4.69) is 33.7 Å². The summed E-state index contributed by atoms with van der Waals surface area (Å²) < 4.78 is 5.47. The molecule has 1 aromatic heterocycles. The second-order valence-electron chi connectivity index (χ2n) is 3.76. The van der Waals surface area contributed by atoms with Crippen LogP contribution in [0, 0.1) is 0 Å². The van der Waals surface area contributed by atoms with Crippen LogP contribution in [0.4, 0.5) is 0 Å². The maximum absolute atomic E-state index is 5.47. The highest BCUT2D eigenvalue weighted by atomic mass is 16.5. The minimum absolute atomic E-state index is 0.280. The van der Waals surface area contributed by atoms with Gasteiger partial charge in [-0.1, -0.05) is 18.2 Å². The largest absolute Gasteiger partial charge is 0.378 e. The van der Waals surface area contributed by atoms with Gasteiger partial charge in [0.15, 0.2) is 0 Å². The van der Waals surface area contributed by atoms with E-state index in [1.54, 1.807) is 0 Å². The molecule has 1 aliphatic rings. The van der Waals surface area contributed by atoms with E-state index in [4.69, 9.17) is 4.74 Å². The van der Waals surface area contributed by atoms with Crippen molar-refractivity contribution in [3.05, 3.63) is 30.0 Å². The lowest BCUT2D eigenvalue weighted by molar-refractivity contribution is 0.0772. The highest BCUT2D eigenvalue weighted by Crippen LogP contribution is 2.23. The van der Waals surface area contributed by atoms with Crippen molar-refractivity contribution in [1.82, 2.24) is 15.5 Å². The van der Waals surface area contributed by atoms with Gasteiger partial charge in [0.2, 0.25) is 0 Å². The quantitative estimate of drug-likeness (QED) is 0.732. The molecule has 1 aliphatic heterocycles. The second kappa shape index (κ2) is 3.64. The van der Waals surface area contributed by atoms with E-state index in [0.29, 0.717) is 0 Å². The number of rotatable bonds is 1. The van der Waals surface area contributed by atoms with Crippen molar-refractivity contribution in [3.8, 4) is 0 Å². The Morgan fingerprint density at radius 3 is 3.27 bits per heavy atom. The number of H-pyrrole nitrogens is 1. The number of fused-ring (bicyclic) bond motifs is 1. The predicted octanol–water partition coefficient (Wildman–Crippen LogP) is 1.22. The lowest BCUT2D eigenvalue weighted by Crippen LogP contribution is -2.34. The third-order valence-corrected chi connectivity index (χ3v) is 2.81. The monoisotopic (exact) mass is 203 g/mol. The standard InChI is InChI=1S/C11H13N3O/c1-2-8-6-13-14-11(8)9(3-1)10-7-15-5-4-12-10/h1-3,6,10,12H,4-5,7H2,(H,13,14). The summed E-state index contributed by atoms with van der Waals surface area (Å²) in [4.78, 5) is 0. The molecule has 0 radical (unpaired) electrons. The maximum Gasteiger partial charge on any atom is 0.0698 e. The average molecular weight is 203 g/mol. The van der Waals surface area contributed by atoms with Crippen LogP contribution in [0.25, 0.3) is 10.9 Å². The maximum atomic E-state index is 5.47. The number of benzene rings is 1. The SMILES string of the molecule is c1cc(C2COCCN2)c2[nH]ncc2c1. The van der Waals surface area contributed by atoms with E-state index in [1.807, 2.05) is 6.20 Å². The zero-order valence-electron chi connectivity index (χ0n) is 8.36. The highest BCUT2D eigenvalue weighted by Gasteiger charge is 2.17. The Labute approximate surface area is 87.6 Å². The summed E-state index contributed by atoms with van der Waals surface area (Å²) in [7, 11) is 0. The Morgan fingerprint density at radius 2 is 2.40 bits per heavy atom. The lowest BCUT2D eigenvalue weighted by Gasteiger charge is -2.24. The van der Waals surface area contributed by atoms with Gasteiger partial charge in [0.1, 0.15) is 0 Å². The molecule has 78 valence electrons. The summed E-state index contributed by atoms with van der Waals surface area (Å²) in [6.45, 7) is 2.45. The van der Waals surface area contributed by atoms with Gasteiger partial charge >= 0.3 is 0 Å². The zero-order chi connectivity index (χ0) is 10.1. The number of hydrogen-bond donors (Lipinski definition) is 2. The van der Waals surface area contributed by atoms with Gasteiger partial charge in [-0.2, -0.15) is 5.10 Å². The fourth-order valence-corrected chi connectivity index (χ4v) is 2.05. The molecule has 4 nitrogen and oxygen atoms in total. The number of nitrogens with one attached hydrogen (secondary N) is 2. The summed E-state index contributed by atoms with van der Waals surface area (Å²) >= 11 is 0. The highest BCUT2D eigenvalue weighted by molar-refractivity contribution is 5.81. The van der Waals surface area contributed by atoms with Crippen LogP contribution in [0.15, 0.2) is 24.4 Å². The molecule has 2 heterocycles. The molecule has 15 heavy (non-hydrogen) atoms. The predicted molar refractivity (Wildman–Crippen MR) is 57.7 cm³/mol. The molecule has 2 N–H and O–H groups in total. The number of aromatic amines is 1. The van der Waals surface area contributed by atoms with Crippen molar-refractivity contribution in [2.45, 2.75) is 6.04 Å². The molecule has 1 aromatic carbocycles. The molecule has 3 rings (SSSR count). The Kier molecular flexibility index (Phi) is 2.16. The first kappa shape index (κ1) is 8.88. The van der Waals surface area contributed by atoms with Gasteiger partial charge in [0.25, 0.3) is 0 Å². The average Bonchev–Trinajstić information content (AvgIpc) is 2.78. The van der Waals surface area contributed by atoms with Gasteiger partial charge in [-0.3, -0.25) is 5.10 Å². The van der Waals surface area contributed by atoms with Gasteiger partial charge in [-0.15, -0.1) is 0 Å². The van der Waals surface area contributed by atoms with Crippen LogP contribution in [0.2, 0.25) is 0 Å². The van der Waals surface area contributed by atoms with Crippen molar-refractivity contribution >= 4 is 10.9 Å². The van der Waals surface area contributed by atoms with E-state index in [0.717, 1.165) is 30.7 Å². The smallest absolute Gasteiger partial charge is 0.0698 e. The number of nitrogens with zero attached hydrogens (tertiary/aromatic N) is 1. The summed E-state index contributed by atoms with van der Waals surface area (Å²) in [6, 6.07) is 6.52. The molecule has 0 saturated carbocycles. The van der Waals surface area contributed by atoms with Crippen molar-refractivity contribution < 1.29 is 4.74 Å². The van der Waals surface area contributed by atoms with Crippen LogP contribution >= 0.6 is 0 Å². The molecule has 1 atom stereocenters. The fourth-order valence-electron chi connectivity index (χ4n) is 2.05. The fraction of sp³-hybridized carbons (Fsp3) is 0.364. The Hall–Kier alpha value is -1.39. The first-order chi connectivity index (χ1) is 7.45. The number of morpholine rings is 1. The Bertz CT molecular complexity index is 460. The molecular weight excluding hydrogens is 190 g/mol.